The van der Waals surface area contributed by atoms with E-state index >= 15 is 0 Å². The van der Waals surface area contributed by atoms with Crippen LogP contribution in [0.4, 0.5) is 5.69 Å². The first kappa shape index (κ1) is 16.7. The van der Waals surface area contributed by atoms with Crippen molar-refractivity contribution in [1.29, 1.82) is 0 Å². The number of hydrogen-bond donors (Lipinski definition) is 1. The summed E-state index contributed by atoms with van der Waals surface area (Å²) in [5.74, 6) is -0.00375. The molecular weight excluding hydrogens is 326 g/mol. The number of nitrogens with zero attached hydrogens (tertiary/aromatic N) is 2. The van der Waals surface area contributed by atoms with Crippen molar-refractivity contribution < 1.29 is 13.2 Å². The first-order chi connectivity index (χ1) is 11.3. The van der Waals surface area contributed by atoms with Crippen molar-refractivity contribution in [2.24, 2.45) is 5.41 Å². The van der Waals surface area contributed by atoms with Gasteiger partial charge in [-0.15, -0.1) is 0 Å². The molecule has 1 aromatic carbocycles. The van der Waals surface area contributed by atoms with E-state index in [4.69, 9.17) is 0 Å². The summed E-state index contributed by atoms with van der Waals surface area (Å²) >= 11 is 0. The van der Waals surface area contributed by atoms with Gasteiger partial charge in [-0.25, -0.2) is 13.1 Å². The second-order valence-corrected chi connectivity index (χ2v) is 8.62. The lowest BCUT2D eigenvalue weighted by Crippen LogP contribution is -2.30. The second-order valence-electron chi connectivity index (χ2n) is 6.64. The predicted molar refractivity (Wildman–Crippen MR) is 91.9 cm³/mol. The molecule has 0 unspecified atom stereocenters. The van der Waals surface area contributed by atoms with Crippen molar-refractivity contribution in [2.45, 2.75) is 37.5 Å². The SMILES string of the molecule is CC1(C(=O)Nc2cnn(-c3ccccc3S(C)(=O)=O)c2)CCCC1. The van der Waals surface area contributed by atoms with Crippen LogP contribution in [0.25, 0.3) is 5.69 Å². The molecule has 1 fully saturated rings. The third kappa shape index (κ3) is 3.21. The standard InChI is InChI=1S/C17H21N3O3S/c1-17(9-5-6-10-17)16(21)19-13-11-18-20(12-13)14-7-3-4-8-15(14)24(2,22)23/h3-4,7-8,11-12H,5-6,9-10H2,1-2H3,(H,19,21). The molecule has 3 rings (SSSR count). The Kier molecular flexibility index (Phi) is 4.21. The quantitative estimate of drug-likeness (QED) is 0.922. The van der Waals surface area contributed by atoms with E-state index in [1.807, 2.05) is 6.92 Å². The summed E-state index contributed by atoms with van der Waals surface area (Å²) < 4.78 is 25.3. The van der Waals surface area contributed by atoms with Crippen LogP contribution in [-0.4, -0.2) is 30.4 Å². The number of para-hydroxylation sites is 1. The van der Waals surface area contributed by atoms with E-state index in [1.54, 1.807) is 30.5 Å². The van der Waals surface area contributed by atoms with Crippen LogP contribution in [-0.2, 0) is 14.6 Å². The number of amides is 1. The maximum Gasteiger partial charge on any atom is 0.230 e. The Morgan fingerprint density at radius 3 is 2.58 bits per heavy atom. The molecule has 7 heteroatoms. The lowest BCUT2D eigenvalue weighted by atomic mass is 9.88. The molecule has 2 aromatic rings. The topological polar surface area (TPSA) is 81.1 Å². The number of carbonyl (C=O) groups excluding carboxylic acids is 1. The number of nitrogens with one attached hydrogen (secondary N) is 1. The molecule has 0 atom stereocenters. The van der Waals surface area contributed by atoms with Crippen LogP contribution in [0, 0.1) is 5.41 Å². The van der Waals surface area contributed by atoms with Crippen molar-refractivity contribution in [1.82, 2.24) is 9.78 Å². The number of hydrogen-bond acceptors (Lipinski definition) is 4. The van der Waals surface area contributed by atoms with Gasteiger partial charge in [-0.05, 0) is 25.0 Å². The summed E-state index contributed by atoms with van der Waals surface area (Å²) in [4.78, 5) is 12.7. The highest BCUT2D eigenvalue weighted by atomic mass is 32.2. The van der Waals surface area contributed by atoms with Gasteiger partial charge in [-0.3, -0.25) is 4.79 Å². The van der Waals surface area contributed by atoms with E-state index < -0.39 is 9.84 Å². The third-order valence-electron chi connectivity index (χ3n) is 4.61. The van der Waals surface area contributed by atoms with Crippen molar-refractivity contribution in [2.75, 3.05) is 11.6 Å². The molecule has 0 radical (unpaired) electrons. The fourth-order valence-corrected chi connectivity index (χ4v) is 4.01. The van der Waals surface area contributed by atoms with E-state index in [0.29, 0.717) is 11.4 Å². The van der Waals surface area contributed by atoms with Gasteiger partial charge in [0.2, 0.25) is 5.91 Å². The Labute approximate surface area is 141 Å². The monoisotopic (exact) mass is 347 g/mol. The van der Waals surface area contributed by atoms with Crippen LogP contribution in [0.3, 0.4) is 0 Å². The first-order valence-corrected chi connectivity index (χ1v) is 9.84. The minimum atomic E-state index is -3.37. The van der Waals surface area contributed by atoms with Crippen LogP contribution < -0.4 is 5.32 Å². The molecule has 0 spiro atoms. The number of rotatable bonds is 4. The normalized spacial score (nSPS) is 16.9. The molecule has 1 aromatic heterocycles. The molecule has 1 aliphatic carbocycles. The molecule has 1 N–H and O–H groups in total. The second kappa shape index (κ2) is 6.05. The zero-order valence-electron chi connectivity index (χ0n) is 13.8. The van der Waals surface area contributed by atoms with Crippen molar-refractivity contribution in [3.05, 3.63) is 36.7 Å². The Morgan fingerprint density at radius 1 is 1.25 bits per heavy atom. The van der Waals surface area contributed by atoms with Gasteiger partial charge < -0.3 is 5.32 Å². The summed E-state index contributed by atoms with van der Waals surface area (Å²) in [6, 6.07) is 6.66. The Morgan fingerprint density at radius 2 is 1.92 bits per heavy atom. The molecule has 1 saturated carbocycles. The van der Waals surface area contributed by atoms with Crippen molar-refractivity contribution in [3.63, 3.8) is 0 Å². The highest BCUT2D eigenvalue weighted by Crippen LogP contribution is 2.38. The smallest absolute Gasteiger partial charge is 0.230 e. The summed E-state index contributed by atoms with van der Waals surface area (Å²) in [7, 11) is -3.37. The highest BCUT2D eigenvalue weighted by molar-refractivity contribution is 7.90. The van der Waals surface area contributed by atoms with Gasteiger partial charge >= 0.3 is 0 Å². The lowest BCUT2D eigenvalue weighted by molar-refractivity contribution is -0.124. The molecule has 128 valence electrons. The summed E-state index contributed by atoms with van der Waals surface area (Å²) in [6.45, 7) is 1.98. The summed E-state index contributed by atoms with van der Waals surface area (Å²) in [6.07, 6.45) is 8.28. The van der Waals surface area contributed by atoms with Gasteiger partial charge in [0.15, 0.2) is 9.84 Å². The minimum Gasteiger partial charge on any atom is -0.323 e. The van der Waals surface area contributed by atoms with Crippen LogP contribution >= 0.6 is 0 Å². The Bertz CT molecular complexity index is 865. The molecular formula is C17H21N3O3S. The number of carbonyl (C=O) groups is 1. The third-order valence-corrected chi connectivity index (χ3v) is 5.75. The van der Waals surface area contributed by atoms with Gasteiger partial charge in [0.1, 0.15) is 0 Å². The average molecular weight is 347 g/mol. The largest absolute Gasteiger partial charge is 0.323 e. The van der Waals surface area contributed by atoms with E-state index in [0.717, 1.165) is 25.7 Å². The molecule has 0 bridgehead atoms. The Balaban J connectivity index is 1.86. The van der Waals surface area contributed by atoms with E-state index in [1.165, 1.54) is 17.1 Å². The number of sulfone groups is 1. The molecule has 1 amide bonds. The van der Waals surface area contributed by atoms with Crippen LogP contribution in [0.5, 0.6) is 0 Å². The maximum atomic E-state index is 12.5. The molecule has 1 aliphatic rings. The van der Waals surface area contributed by atoms with Gasteiger partial charge in [0.05, 0.1) is 28.7 Å². The first-order valence-electron chi connectivity index (χ1n) is 7.95. The number of benzene rings is 1. The lowest BCUT2D eigenvalue weighted by Gasteiger charge is -2.21. The number of aromatic nitrogens is 2. The van der Waals surface area contributed by atoms with Crippen LogP contribution in [0.1, 0.15) is 32.6 Å². The van der Waals surface area contributed by atoms with Gasteiger partial charge in [-0.2, -0.15) is 5.10 Å². The highest BCUT2D eigenvalue weighted by Gasteiger charge is 2.36. The summed E-state index contributed by atoms with van der Waals surface area (Å²) in [5.41, 5.74) is 0.705. The molecule has 0 saturated heterocycles. The molecule has 6 nitrogen and oxygen atoms in total. The van der Waals surface area contributed by atoms with Crippen LogP contribution in [0.2, 0.25) is 0 Å². The Hall–Kier alpha value is -2.15. The summed E-state index contributed by atoms with van der Waals surface area (Å²) in [5, 5.41) is 7.10. The number of anilines is 1. The van der Waals surface area contributed by atoms with E-state index in [9.17, 15) is 13.2 Å². The van der Waals surface area contributed by atoms with Gasteiger partial charge in [-0.1, -0.05) is 31.9 Å². The molecule has 0 aliphatic heterocycles. The van der Waals surface area contributed by atoms with E-state index in [2.05, 4.69) is 10.4 Å². The maximum absolute atomic E-state index is 12.5. The zero-order valence-corrected chi connectivity index (χ0v) is 14.6. The van der Waals surface area contributed by atoms with Gasteiger partial charge in [0.25, 0.3) is 0 Å². The van der Waals surface area contributed by atoms with Crippen molar-refractivity contribution >= 4 is 21.4 Å². The fraction of sp³-hybridized carbons (Fsp3) is 0.412. The minimum absolute atomic E-state index is 0.00375. The fourth-order valence-electron chi connectivity index (χ4n) is 3.14. The van der Waals surface area contributed by atoms with E-state index in [-0.39, 0.29) is 16.2 Å². The predicted octanol–water partition coefficient (Wildman–Crippen LogP) is 2.79. The van der Waals surface area contributed by atoms with Gasteiger partial charge in [0, 0.05) is 11.7 Å². The molecule has 24 heavy (non-hydrogen) atoms. The zero-order chi connectivity index (χ0) is 17.4. The van der Waals surface area contributed by atoms with Crippen LogP contribution in [0.15, 0.2) is 41.6 Å². The van der Waals surface area contributed by atoms with Crippen molar-refractivity contribution in [3.8, 4) is 5.69 Å². The molecule has 1 heterocycles. The average Bonchev–Trinajstić information content (AvgIpc) is 3.16.